The van der Waals surface area contributed by atoms with Gasteiger partial charge in [0.1, 0.15) is 11.1 Å². The van der Waals surface area contributed by atoms with Crippen LogP contribution in [0.15, 0.2) is 46.3 Å². The molecule has 1 aliphatic carbocycles. The summed E-state index contributed by atoms with van der Waals surface area (Å²) in [5.41, 5.74) is 2.49. The Labute approximate surface area is 153 Å². The zero-order chi connectivity index (χ0) is 16.8. The van der Waals surface area contributed by atoms with Crippen LogP contribution in [-0.4, -0.2) is 16.7 Å². The maximum absolute atomic E-state index is 13.4. The van der Waals surface area contributed by atoms with Gasteiger partial charge >= 0.3 is 0 Å². The van der Waals surface area contributed by atoms with Gasteiger partial charge < -0.3 is 0 Å². The van der Waals surface area contributed by atoms with Gasteiger partial charge in [0.2, 0.25) is 0 Å². The number of thioether (sulfide) groups is 1. The summed E-state index contributed by atoms with van der Waals surface area (Å²) in [7, 11) is 0. The highest BCUT2D eigenvalue weighted by Crippen LogP contribution is 2.45. The monoisotopic (exact) mass is 379 g/mol. The first-order chi connectivity index (χ1) is 11.5. The first kappa shape index (κ1) is 16.1. The topological polar surface area (TPSA) is 29.4 Å². The predicted molar refractivity (Wildman–Crippen MR) is 96.6 cm³/mol. The van der Waals surface area contributed by atoms with E-state index in [0.717, 1.165) is 21.9 Å². The fraction of sp³-hybridized carbons (Fsp3) is 0.222. The number of hydrogen-bond acceptors (Lipinski definition) is 3. The van der Waals surface area contributed by atoms with E-state index in [1.807, 2.05) is 6.07 Å². The maximum atomic E-state index is 13.4. The Bertz CT molecular complexity index is 883. The van der Waals surface area contributed by atoms with Crippen LogP contribution in [0.4, 0.5) is 10.1 Å². The zero-order valence-corrected chi connectivity index (χ0v) is 14.8. The van der Waals surface area contributed by atoms with Gasteiger partial charge in [0.25, 0.3) is 0 Å². The van der Waals surface area contributed by atoms with Crippen LogP contribution in [0.25, 0.3) is 0 Å². The average Bonchev–Trinajstić information content (AvgIpc) is 2.53. The molecule has 122 valence electrons. The summed E-state index contributed by atoms with van der Waals surface area (Å²) in [6, 6.07) is 9.85. The van der Waals surface area contributed by atoms with Gasteiger partial charge in [0, 0.05) is 27.1 Å². The number of carbonyl (C=O) groups excluding carboxylic acids is 1. The quantitative estimate of drug-likeness (QED) is 0.623. The molecule has 24 heavy (non-hydrogen) atoms. The molecule has 2 aliphatic rings. The largest absolute Gasteiger partial charge is 0.298 e. The Morgan fingerprint density at radius 1 is 1.12 bits per heavy atom. The molecule has 1 saturated carbocycles. The Morgan fingerprint density at radius 2 is 1.96 bits per heavy atom. The standard InChI is InChI=1S/C18H12Cl2FNOS/c19-10-1-3-12(13(20)7-10)9-5-15-18(16(23)6-9)24-17-8-11(21)2-4-14(17)22-15/h1-4,7-9,18H,5-6H2. The number of halogens is 3. The molecule has 0 saturated heterocycles. The van der Waals surface area contributed by atoms with Crippen molar-refractivity contribution in [2.75, 3.05) is 0 Å². The third-order valence-electron chi connectivity index (χ3n) is 4.33. The van der Waals surface area contributed by atoms with Gasteiger partial charge in [-0.15, -0.1) is 11.8 Å². The fourth-order valence-corrected chi connectivity index (χ4v) is 4.96. The minimum absolute atomic E-state index is 0.000125. The lowest BCUT2D eigenvalue weighted by Gasteiger charge is -2.32. The minimum Gasteiger partial charge on any atom is -0.298 e. The lowest BCUT2D eigenvalue weighted by atomic mass is 9.81. The van der Waals surface area contributed by atoms with Crippen LogP contribution in [0, 0.1) is 5.82 Å². The highest BCUT2D eigenvalue weighted by Gasteiger charge is 2.38. The van der Waals surface area contributed by atoms with Gasteiger partial charge in [-0.2, -0.15) is 0 Å². The molecule has 2 aromatic rings. The van der Waals surface area contributed by atoms with Crippen LogP contribution in [0.1, 0.15) is 24.3 Å². The molecule has 1 aliphatic heterocycles. The molecule has 0 amide bonds. The molecule has 2 unspecified atom stereocenters. The Balaban J connectivity index is 1.70. The summed E-state index contributed by atoms with van der Waals surface area (Å²) in [6.45, 7) is 0. The van der Waals surface area contributed by atoms with Crippen molar-refractivity contribution in [2.24, 2.45) is 4.99 Å². The zero-order valence-electron chi connectivity index (χ0n) is 12.4. The molecule has 0 spiro atoms. The van der Waals surface area contributed by atoms with E-state index >= 15 is 0 Å². The van der Waals surface area contributed by atoms with E-state index < -0.39 is 0 Å². The van der Waals surface area contributed by atoms with Crippen LogP contribution in [0.5, 0.6) is 0 Å². The Kier molecular flexibility index (Phi) is 4.15. The van der Waals surface area contributed by atoms with Crippen molar-refractivity contribution in [3.8, 4) is 0 Å². The normalized spacial score (nSPS) is 22.6. The van der Waals surface area contributed by atoms with E-state index in [1.54, 1.807) is 18.2 Å². The van der Waals surface area contributed by atoms with E-state index in [9.17, 15) is 9.18 Å². The van der Waals surface area contributed by atoms with Crippen LogP contribution < -0.4 is 0 Å². The number of Topliss-reactive ketones (excluding diaryl/α,β-unsaturated/α-hetero) is 1. The summed E-state index contributed by atoms with van der Waals surface area (Å²) in [5, 5.41) is 0.831. The van der Waals surface area contributed by atoms with E-state index in [0.29, 0.717) is 22.9 Å². The van der Waals surface area contributed by atoms with Gasteiger partial charge in [-0.1, -0.05) is 29.3 Å². The van der Waals surface area contributed by atoms with Crippen LogP contribution in [-0.2, 0) is 4.79 Å². The second kappa shape index (κ2) is 6.17. The molecule has 4 rings (SSSR count). The summed E-state index contributed by atoms with van der Waals surface area (Å²) in [5.74, 6) is -0.204. The molecular formula is C18H12Cl2FNOS. The number of carbonyl (C=O) groups is 1. The van der Waals surface area contributed by atoms with Crippen LogP contribution >= 0.6 is 35.0 Å². The summed E-state index contributed by atoms with van der Waals surface area (Å²) < 4.78 is 13.4. The highest BCUT2D eigenvalue weighted by atomic mass is 35.5. The number of rotatable bonds is 1. The van der Waals surface area contributed by atoms with Gasteiger partial charge in [0.15, 0.2) is 5.78 Å². The number of nitrogens with zero attached hydrogens (tertiary/aromatic N) is 1. The third-order valence-corrected chi connectivity index (χ3v) is 6.25. The predicted octanol–water partition coefficient (Wildman–Crippen LogP) is 5.83. The van der Waals surface area contributed by atoms with Crippen molar-refractivity contribution in [1.82, 2.24) is 0 Å². The summed E-state index contributed by atoms with van der Waals surface area (Å²) in [6.07, 6.45) is 1.07. The van der Waals surface area contributed by atoms with Crippen molar-refractivity contribution < 1.29 is 9.18 Å². The van der Waals surface area contributed by atoms with Gasteiger partial charge in [-0.25, -0.2) is 4.39 Å². The van der Waals surface area contributed by atoms with Gasteiger partial charge in [0.05, 0.1) is 5.69 Å². The summed E-state index contributed by atoms with van der Waals surface area (Å²) in [4.78, 5) is 18.0. The smallest absolute Gasteiger partial charge is 0.152 e. The molecule has 0 bridgehead atoms. The van der Waals surface area contributed by atoms with E-state index in [2.05, 4.69) is 4.99 Å². The number of aliphatic imine (C=N–C) groups is 1. The first-order valence-electron chi connectivity index (χ1n) is 7.52. The second-order valence-corrected chi connectivity index (χ2v) is 7.94. The number of fused-ring (bicyclic) bond motifs is 2. The number of hydrogen-bond donors (Lipinski definition) is 0. The van der Waals surface area contributed by atoms with Crippen LogP contribution in [0.3, 0.4) is 0 Å². The Hall–Kier alpha value is -1.36. The first-order valence-corrected chi connectivity index (χ1v) is 9.16. The van der Waals surface area contributed by atoms with E-state index in [1.165, 1.54) is 23.9 Å². The van der Waals surface area contributed by atoms with Crippen molar-refractivity contribution in [3.63, 3.8) is 0 Å². The lowest BCUT2D eigenvalue weighted by molar-refractivity contribution is -0.118. The van der Waals surface area contributed by atoms with E-state index in [-0.39, 0.29) is 22.8 Å². The van der Waals surface area contributed by atoms with Crippen molar-refractivity contribution >= 4 is 52.1 Å². The van der Waals surface area contributed by atoms with E-state index in [4.69, 9.17) is 23.2 Å². The molecule has 0 radical (unpaired) electrons. The van der Waals surface area contributed by atoms with Crippen molar-refractivity contribution in [3.05, 3.63) is 57.8 Å². The highest BCUT2D eigenvalue weighted by molar-refractivity contribution is 8.01. The number of ketones is 1. The van der Waals surface area contributed by atoms with Crippen molar-refractivity contribution in [1.29, 1.82) is 0 Å². The molecule has 2 nitrogen and oxygen atoms in total. The molecule has 2 aromatic carbocycles. The van der Waals surface area contributed by atoms with Gasteiger partial charge in [-0.05, 0) is 48.2 Å². The molecule has 2 atom stereocenters. The molecule has 0 aromatic heterocycles. The molecular weight excluding hydrogens is 368 g/mol. The molecule has 1 heterocycles. The molecule has 0 N–H and O–H groups in total. The molecule has 1 fully saturated rings. The minimum atomic E-state index is -0.318. The average molecular weight is 380 g/mol. The lowest BCUT2D eigenvalue weighted by Crippen LogP contribution is -2.36. The van der Waals surface area contributed by atoms with Crippen LogP contribution in [0.2, 0.25) is 10.0 Å². The second-order valence-electron chi connectivity index (χ2n) is 5.95. The third kappa shape index (κ3) is 2.87. The van der Waals surface area contributed by atoms with Gasteiger partial charge in [-0.3, -0.25) is 9.79 Å². The SMILES string of the molecule is O=C1CC(c2ccc(Cl)cc2Cl)CC2=Nc3ccc(F)cc3SC12. The number of benzene rings is 2. The fourth-order valence-electron chi connectivity index (χ4n) is 3.21. The maximum Gasteiger partial charge on any atom is 0.152 e. The van der Waals surface area contributed by atoms with Crippen molar-refractivity contribution in [2.45, 2.75) is 28.9 Å². The molecule has 6 heteroatoms. The summed E-state index contributed by atoms with van der Waals surface area (Å²) >= 11 is 13.6. The Morgan fingerprint density at radius 3 is 2.75 bits per heavy atom.